The molecule has 0 saturated carbocycles. The lowest BCUT2D eigenvalue weighted by atomic mass is 10.0. The Bertz CT molecular complexity index is 438. The van der Waals surface area contributed by atoms with E-state index in [-0.39, 0.29) is 13.1 Å². The zero-order chi connectivity index (χ0) is 15.4. The highest BCUT2D eigenvalue weighted by Crippen LogP contribution is 2.19. The molecule has 1 rings (SSSR count). The molecule has 1 saturated heterocycles. The molecule has 7 nitrogen and oxygen atoms in total. The fraction of sp³-hybridized carbons (Fsp3) is 0.909. The number of rotatable bonds is 7. The monoisotopic (exact) mass is 326 g/mol. The minimum Gasteiger partial charge on any atom is -0.481 e. The van der Waals surface area contributed by atoms with Gasteiger partial charge in [-0.25, -0.2) is 0 Å². The van der Waals surface area contributed by atoms with E-state index in [4.69, 9.17) is 5.11 Å². The van der Waals surface area contributed by atoms with Crippen molar-refractivity contribution in [3.8, 4) is 0 Å². The van der Waals surface area contributed by atoms with Crippen molar-refractivity contribution in [3.05, 3.63) is 0 Å². The third-order valence-corrected chi connectivity index (χ3v) is 5.60. The highest BCUT2D eigenvalue weighted by atomic mass is 32.2. The summed E-state index contributed by atoms with van der Waals surface area (Å²) in [6.07, 6.45) is 2.84. The second-order valence-electron chi connectivity index (χ2n) is 5.29. The fourth-order valence-electron chi connectivity index (χ4n) is 2.06. The van der Waals surface area contributed by atoms with Gasteiger partial charge in [-0.15, -0.1) is 0 Å². The number of carboxylic acid groups (broad SMARTS) is 1. The Hall–Kier alpha value is -0.350. The number of thioether (sulfide) groups is 1. The number of aliphatic hydroxyl groups is 1. The van der Waals surface area contributed by atoms with Crippen LogP contribution in [0.3, 0.4) is 0 Å². The first-order chi connectivity index (χ1) is 9.18. The summed E-state index contributed by atoms with van der Waals surface area (Å²) in [6.45, 7) is 1.76. The molecule has 0 aromatic carbocycles. The maximum atomic E-state index is 12.1. The fourth-order valence-corrected chi connectivity index (χ4v) is 4.21. The summed E-state index contributed by atoms with van der Waals surface area (Å²) in [5, 5.41) is 18.9. The van der Waals surface area contributed by atoms with E-state index in [1.54, 1.807) is 6.92 Å². The Labute approximate surface area is 123 Å². The Morgan fingerprint density at radius 1 is 1.55 bits per heavy atom. The van der Waals surface area contributed by atoms with Crippen LogP contribution in [0.2, 0.25) is 0 Å². The molecular formula is C11H22N2O5S2. The smallest absolute Gasteiger partial charge is 0.307 e. The van der Waals surface area contributed by atoms with Gasteiger partial charge in [-0.1, -0.05) is 0 Å². The summed E-state index contributed by atoms with van der Waals surface area (Å²) in [4.78, 5) is 10.9. The highest BCUT2D eigenvalue weighted by Gasteiger charge is 2.33. The van der Waals surface area contributed by atoms with Crippen molar-refractivity contribution in [1.29, 1.82) is 0 Å². The number of piperidine rings is 1. The molecule has 0 aromatic rings. The van der Waals surface area contributed by atoms with Crippen LogP contribution >= 0.6 is 11.8 Å². The predicted octanol–water partition coefficient (Wildman–Crippen LogP) is -0.269. The number of hydrogen-bond acceptors (Lipinski definition) is 5. The van der Waals surface area contributed by atoms with Crippen LogP contribution < -0.4 is 4.72 Å². The van der Waals surface area contributed by atoms with Gasteiger partial charge in [0.1, 0.15) is 0 Å². The lowest BCUT2D eigenvalue weighted by Crippen LogP contribution is -2.51. The Kier molecular flexibility index (Phi) is 6.26. The van der Waals surface area contributed by atoms with Gasteiger partial charge in [-0.3, -0.25) is 4.79 Å². The van der Waals surface area contributed by atoms with Gasteiger partial charge >= 0.3 is 5.97 Å². The molecule has 3 N–H and O–H groups in total. The number of nitrogens with one attached hydrogen (secondary N) is 1. The Morgan fingerprint density at radius 3 is 2.75 bits per heavy atom. The van der Waals surface area contributed by atoms with E-state index in [0.717, 1.165) is 4.31 Å². The second kappa shape index (κ2) is 7.08. The Balaban J connectivity index is 2.62. The van der Waals surface area contributed by atoms with Crippen LogP contribution in [-0.2, 0) is 15.0 Å². The maximum absolute atomic E-state index is 12.1. The molecule has 1 fully saturated rings. The van der Waals surface area contributed by atoms with E-state index in [0.29, 0.717) is 25.1 Å². The molecule has 0 spiro atoms. The summed E-state index contributed by atoms with van der Waals surface area (Å²) >= 11 is 1.42. The van der Waals surface area contributed by atoms with Crippen LogP contribution in [0.5, 0.6) is 0 Å². The largest absolute Gasteiger partial charge is 0.481 e. The average molecular weight is 326 g/mol. The third-order valence-electron chi connectivity index (χ3n) is 3.16. The van der Waals surface area contributed by atoms with Gasteiger partial charge in [-0.2, -0.15) is 29.2 Å². The number of carboxylic acids is 1. The van der Waals surface area contributed by atoms with Crippen LogP contribution in [0.1, 0.15) is 19.8 Å². The molecule has 0 radical (unpaired) electrons. The van der Waals surface area contributed by atoms with Crippen molar-refractivity contribution in [2.45, 2.75) is 25.4 Å². The second-order valence-corrected chi connectivity index (χ2v) is 7.91. The first-order valence-electron chi connectivity index (χ1n) is 6.37. The molecule has 1 aliphatic heterocycles. The molecule has 2 unspecified atom stereocenters. The van der Waals surface area contributed by atoms with Crippen LogP contribution in [0.15, 0.2) is 0 Å². The predicted molar refractivity (Wildman–Crippen MR) is 77.9 cm³/mol. The molecule has 0 amide bonds. The van der Waals surface area contributed by atoms with E-state index in [9.17, 15) is 18.3 Å². The van der Waals surface area contributed by atoms with Gasteiger partial charge in [0.05, 0.1) is 11.5 Å². The third kappa shape index (κ3) is 5.21. The lowest BCUT2D eigenvalue weighted by molar-refractivity contribution is -0.142. The average Bonchev–Trinajstić information content (AvgIpc) is 2.37. The number of carbonyl (C=O) groups is 1. The summed E-state index contributed by atoms with van der Waals surface area (Å²) in [6, 6.07) is 0. The van der Waals surface area contributed by atoms with Gasteiger partial charge in [0.25, 0.3) is 10.2 Å². The van der Waals surface area contributed by atoms with Crippen molar-refractivity contribution in [3.63, 3.8) is 0 Å². The Morgan fingerprint density at radius 2 is 2.20 bits per heavy atom. The van der Waals surface area contributed by atoms with Gasteiger partial charge in [-0.05, 0) is 26.0 Å². The minimum atomic E-state index is -3.75. The molecule has 118 valence electrons. The first-order valence-corrected chi connectivity index (χ1v) is 9.20. The molecular weight excluding hydrogens is 304 g/mol. The molecule has 2 atom stereocenters. The molecule has 1 aliphatic rings. The van der Waals surface area contributed by atoms with E-state index in [1.807, 2.05) is 6.26 Å². The van der Waals surface area contributed by atoms with Crippen LogP contribution in [0, 0.1) is 5.92 Å². The van der Waals surface area contributed by atoms with E-state index in [1.165, 1.54) is 11.8 Å². The van der Waals surface area contributed by atoms with Crippen molar-refractivity contribution >= 4 is 27.9 Å². The van der Waals surface area contributed by atoms with Crippen LogP contribution in [0.25, 0.3) is 0 Å². The maximum Gasteiger partial charge on any atom is 0.307 e. The van der Waals surface area contributed by atoms with Gasteiger partial charge in [0.2, 0.25) is 0 Å². The van der Waals surface area contributed by atoms with E-state index in [2.05, 4.69) is 4.72 Å². The van der Waals surface area contributed by atoms with Crippen LogP contribution in [0.4, 0.5) is 0 Å². The molecule has 0 aromatic heterocycles. The van der Waals surface area contributed by atoms with Crippen molar-refractivity contribution in [1.82, 2.24) is 9.03 Å². The number of aliphatic carboxylic acids is 1. The number of hydrogen-bond donors (Lipinski definition) is 3. The topological polar surface area (TPSA) is 107 Å². The molecule has 20 heavy (non-hydrogen) atoms. The zero-order valence-electron chi connectivity index (χ0n) is 11.7. The van der Waals surface area contributed by atoms with Crippen molar-refractivity contribution in [2.24, 2.45) is 5.92 Å². The normalized spacial score (nSPS) is 24.2. The first kappa shape index (κ1) is 17.7. The molecule has 1 heterocycles. The number of nitrogens with zero attached hydrogens (tertiary/aromatic N) is 1. The van der Waals surface area contributed by atoms with E-state index >= 15 is 0 Å². The minimum absolute atomic E-state index is 0.0185. The SMILES string of the molecule is CSCC(C)(O)CNS(=O)(=O)N1CCCC(C(=O)O)C1. The van der Waals surface area contributed by atoms with Gasteiger partial charge in [0.15, 0.2) is 0 Å². The summed E-state index contributed by atoms with van der Waals surface area (Å²) in [5.74, 6) is -1.22. The summed E-state index contributed by atoms with van der Waals surface area (Å²) in [5.41, 5.74) is -1.13. The van der Waals surface area contributed by atoms with Crippen molar-refractivity contribution in [2.75, 3.05) is 31.6 Å². The van der Waals surface area contributed by atoms with Gasteiger partial charge in [0, 0.05) is 25.4 Å². The highest BCUT2D eigenvalue weighted by molar-refractivity contribution is 7.98. The molecule has 9 heteroatoms. The van der Waals surface area contributed by atoms with Crippen LogP contribution in [-0.4, -0.2) is 66.1 Å². The van der Waals surface area contributed by atoms with Crippen molar-refractivity contribution < 1.29 is 23.4 Å². The van der Waals surface area contributed by atoms with Gasteiger partial charge < -0.3 is 10.2 Å². The lowest BCUT2D eigenvalue weighted by Gasteiger charge is -2.31. The molecule has 0 aliphatic carbocycles. The summed E-state index contributed by atoms with van der Waals surface area (Å²) in [7, 11) is -3.75. The zero-order valence-corrected chi connectivity index (χ0v) is 13.3. The quantitative estimate of drug-likeness (QED) is 0.595. The van der Waals surface area contributed by atoms with E-state index < -0.39 is 27.7 Å². The summed E-state index contributed by atoms with van der Waals surface area (Å²) < 4.78 is 27.7. The molecule has 0 bridgehead atoms. The standard InChI is InChI=1S/C11H22N2O5S2/c1-11(16,8-19-2)7-12-20(17,18)13-5-3-4-9(6-13)10(14)15/h9,12,16H,3-8H2,1-2H3,(H,14,15).